The van der Waals surface area contributed by atoms with Crippen LogP contribution in [0.25, 0.3) is 11.3 Å². The van der Waals surface area contributed by atoms with Crippen molar-refractivity contribution in [3.8, 4) is 11.3 Å². The van der Waals surface area contributed by atoms with E-state index in [4.69, 9.17) is 26.9 Å². The number of rotatable bonds is 6. The number of H-pyrrole nitrogens is 1. The smallest absolute Gasteiger partial charge is 0.268 e. The first-order valence-electron chi connectivity index (χ1n) is 7.83. The number of hydrogen-bond donors (Lipinski definition) is 4. The second-order valence-corrected chi connectivity index (χ2v) is 6.01. The second-order valence-electron chi connectivity index (χ2n) is 5.64. The van der Waals surface area contributed by atoms with E-state index in [0.29, 0.717) is 11.4 Å². The minimum atomic E-state index is -0.904. The van der Waals surface area contributed by atoms with Crippen molar-refractivity contribution in [3.63, 3.8) is 0 Å². The molecule has 0 radical (unpaired) electrons. The van der Waals surface area contributed by atoms with Gasteiger partial charge in [-0.2, -0.15) is 0 Å². The number of amides is 1. The summed E-state index contributed by atoms with van der Waals surface area (Å²) in [4.78, 5) is 19.2. The number of nitrogens with two attached hydrogens (primary N) is 1. The van der Waals surface area contributed by atoms with Crippen LogP contribution in [-0.4, -0.2) is 27.5 Å². The van der Waals surface area contributed by atoms with Gasteiger partial charge in [-0.1, -0.05) is 11.6 Å². The molecule has 1 amide bonds. The van der Waals surface area contributed by atoms with Crippen molar-refractivity contribution in [1.29, 1.82) is 0 Å². The van der Waals surface area contributed by atoms with Crippen LogP contribution in [0.1, 0.15) is 28.1 Å². The molecule has 7 nitrogen and oxygen atoms in total. The third-order valence-corrected chi connectivity index (χ3v) is 4.16. The Labute approximate surface area is 157 Å². The Balaban J connectivity index is 1.78. The summed E-state index contributed by atoms with van der Waals surface area (Å²) >= 11 is 5.47. The highest BCUT2D eigenvalue weighted by atomic mass is 35.5. The topological polar surface area (TPSA) is 117 Å². The molecule has 0 aliphatic carbocycles. The van der Waals surface area contributed by atoms with Gasteiger partial charge in [0.05, 0.1) is 6.61 Å². The van der Waals surface area contributed by atoms with Crippen LogP contribution in [0.4, 0.5) is 8.78 Å². The molecule has 2 aromatic heterocycles. The molecular weight excluding hydrogens is 382 g/mol. The van der Waals surface area contributed by atoms with Crippen LogP contribution in [0.3, 0.4) is 0 Å². The number of aliphatic hydroxyl groups excluding tert-OH is 1. The number of aliphatic hydroxyl groups is 1. The summed E-state index contributed by atoms with van der Waals surface area (Å²) in [6.07, 6.45) is 1.26. The molecule has 3 aromatic rings. The van der Waals surface area contributed by atoms with Gasteiger partial charge in [-0.05, 0) is 24.3 Å². The van der Waals surface area contributed by atoms with Crippen LogP contribution in [0.5, 0.6) is 0 Å². The van der Waals surface area contributed by atoms with Gasteiger partial charge in [0, 0.05) is 17.8 Å². The highest BCUT2D eigenvalue weighted by molar-refractivity contribution is 6.31. The lowest BCUT2D eigenvalue weighted by Gasteiger charge is -2.12. The van der Waals surface area contributed by atoms with E-state index in [1.807, 2.05) is 0 Å². The number of carbonyl (C=O) groups is 1. The first-order valence-corrected chi connectivity index (χ1v) is 8.20. The van der Waals surface area contributed by atoms with Crippen LogP contribution in [0.15, 0.2) is 34.9 Å². The van der Waals surface area contributed by atoms with Crippen molar-refractivity contribution < 1.29 is 23.1 Å². The Hall–Kier alpha value is -2.75. The van der Waals surface area contributed by atoms with E-state index in [1.54, 1.807) is 0 Å². The molecule has 0 aliphatic heterocycles. The number of nitrogens with one attached hydrogen (secondary N) is 2. The normalized spacial score (nSPS) is 12.2. The summed E-state index contributed by atoms with van der Waals surface area (Å²) in [5.74, 6) is -2.17. The molecule has 0 unspecified atom stereocenters. The summed E-state index contributed by atoms with van der Waals surface area (Å²) < 4.78 is 32.4. The Morgan fingerprint density at radius 2 is 2.07 bits per heavy atom. The number of carbonyl (C=O) groups excluding carboxylic acids is 1. The van der Waals surface area contributed by atoms with E-state index in [0.717, 1.165) is 12.1 Å². The number of aromatic amines is 1. The molecule has 142 valence electrons. The molecule has 0 saturated carbocycles. The van der Waals surface area contributed by atoms with Gasteiger partial charge < -0.3 is 25.6 Å². The maximum Gasteiger partial charge on any atom is 0.268 e. The highest BCUT2D eigenvalue weighted by Crippen LogP contribution is 2.27. The fraction of sp³-hybridized carbons (Fsp3) is 0.176. The zero-order chi connectivity index (χ0) is 19.6. The van der Waals surface area contributed by atoms with E-state index >= 15 is 0 Å². The quantitative estimate of drug-likeness (QED) is 0.478. The molecule has 2 heterocycles. The maximum absolute atomic E-state index is 13.6. The van der Waals surface area contributed by atoms with Crippen molar-refractivity contribution in [2.24, 2.45) is 5.73 Å². The second kappa shape index (κ2) is 7.87. The first-order chi connectivity index (χ1) is 12.9. The van der Waals surface area contributed by atoms with Gasteiger partial charge in [-0.25, -0.2) is 13.8 Å². The van der Waals surface area contributed by atoms with Gasteiger partial charge in [0.15, 0.2) is 0 Å². The van der Waals surface area contributed by atoms with E-state index in [9.17, 15) is 13.6 Å². The third kappa shape index (κ3) is 4.00. The molecule has 27 heavy (non-hydrogen) atoms. The number of aromatic nitrogens is 2. The van der Waals surface area contributed by atoms with Crippen LogP contribution in [-0.2, 0) is 6.61 Å². The lowest BCUT2D eigenvalue weighted by atomic mass is 10.1. The van der Waals surface area contributed by atoms with E-state index in [1.165, 1.54) is 18.4 Å². The molecule has 5 N–H and O–H groups in total. The Kier molecular flexibility index (Phi) is 5.54. The van der Waals surface area contributed by atoms with Crippen molar-refractivity contribution >= 4 is 17.5 Å². The molecule has 10 heteroatoms. The molecule has 0 spiro atoms. The molecule has 0 bridgehead atoms. The fourth-order valence-corrected chi connectivity index (χ4v) is 2.53. The van der Waals surface area contributed by atoms with Crippen LogP contribution in [0, 0.1) is 11.6 Å². The number of benzene rings is 1. The van der Waals surface area contributed by atoms with Gasteiger partial charge >= 0.3 is 0 Å². The van der Waals surface area contributed by atoms with Gasteiger partial charge in [0.25, 0.3) is 5.91 Å². The lowest BCUT2D eigenvalue weighted by molar-refractivity contribution is 0.0927. The van der Waals surface area contributed by atoms with Crippen LogP contribution in [0.2, 0.25) is 5.02 Å². The Morgan fingerprint density at radius 3 is 2.67 bits per heavy atom. The zero-order valence-electron chi connectivity index (χ0n) is 13.8. The first kappa shape index (κ1) is 19.0. The standard InChI is InChI=1S/C17H15ClF2N4O3/c18-15-10(19)3-8(4-11(15)20)12-1-2-13(23-12)16(26)24-14(5-21)17-22-9(6-25)7-27-17/h1-4,7,14,23,25H,5-6,21H2,(H,24,26)/t14-/m0/s1. The highest BCUT2D eigenvalue weighted by Gasteiger charge is 2.20. The zero-order valence-corrected chi connectivity index (χ0v) is 14.6. The summed E-state index contributed by atoms with van der Waals surface area (Å²) in [6.45, 7) is -0.290. The van der Waals surface area contributed by atoms with Crippen LogP contribution >= 0.6 is 11.6 Å². The average Bonchev–Trinajstić information content (AvgIpc) is 3.33. The molecular formula is C17H15ClF2N4O3. The van der Waals surface area contributed by atoms with E-state index in [2.05, 4.69) is 15.3 Å². The largest absolute Gasteiger partial charge is 0.446 e. The number of nitrogens with zero attached hydrogens (tertiary/aromatic N) is 1. The SMILES string of the molecule is NC[C@H](NC(=O)c1ccc(-c2cc(F)c(Cl)c(F)c2)[nH]1)c1nc(CO)co1. The Morgan fingerprint density at radius 1 is 1.37 bits per heavy atom. The maximum atomic E-state index is 13.6. The molecule has 0 saturated heterocycles. The van der Waals surface area contributed by atoms with Gasteiger partial charge in [0.1, 0.15) is 40.3 Å². The molecule has 3 rings (SSSR count). The summed E-state index contributed by atoms with van der Waals surface area (Å²) in [6, 6.07) is 4.37. The average molecular weight is 397 g/mol. The molecule has 0 fully saturated rings. The predicted molar refractivity (Wildman–Crippen MR) is 92.8 cm³/mol. The van der Waals surface area contributed by atoms with Gasteiger partial charge in [0.2, 0.25) is 5.89 Å². The lowest BCUT2D eigenvalue weighted by Crippen LogP contribution is -2.33. The van der Waals surface area contributed by atoms with Crippen molar-refractivity contribution in [1.82, 2.24) is 15.3 Å². The summed E-state index contributed by atoms with van der Waals surface area (Å²) in [7, 11) is 0. The third-order valence-electron chi connectivity index (χ3n) is 3.80. The molecule has 1 aromatic carbocycles. The summed E-state index contributed by atoms with van der Waals surface area (Å²) in [5, 5.41) is 11.1. The number of oxazole rings is 1. The minimum absolute atomic E-state index is 0.0122. The monoisotopic (exact) mass is 396 g/mol. The Bertz CT molecular complexity index is 950. The van der Waals surface area contributed by atoms with Gasteiger partial charge in [-0.3, -0.25) is 4.79 Å². The number of hydrogen-bond acceptors (Lipinski definition) is 5. The molecule has 0 aliphatic rings. The van der Waals surface area contributed by atoms with Crippen molar-refractivity contribution in [2.75, 3.05) is 6.54 Å². The molecule has 1 atom stereocenters. The van der Waals surface area contributed by atoms with Crippen molar-refractivity contribution in [2.45, 2.75) is 12.6 Å². The fourth-order valence-electron chi connectivity index (χ4n) is 2.42. The van der Waals surface area contributed by atoms with Gasteiger partial charge in [-0.15, -0.1) is 0 Å². The minimum Gasteiger partial charge on any atom is -0.446 e. The van der Waals surface area contributed by atoms with E-state index in [-0.39, 0.29) is 30.3 Å². The summed E-state index contributed by atoms with van der Waals surface area (Å²) in [5.41, 5.74) is 6.63. The van der Waals surface area contributed by atoms with Crippen LogP contribution < -0.4 is 11.1 Å². The number of halogens is 3. The predicted octanol–water partition coefficient (Wildman–Crippen LogP) is 2.52. The van der Waals surface area contributed by atoms with Crippen molar-refractivity contribution in [3.05, 3.63) is 64.5 Å². The van der Waals surface area contributed by atoms with E-state index < -0.39 is 28.6 Å².